The average molecular weight is 355 g/mol. The van der Waals surface area contributed by atoms with Crippen LogP contribution in [0.3, 0.4) is 0 Å². The van der Waals surface area contributed by atoms with Crippen LogP contribution in [0.25, 0.3) is 0 Å². The summed E-state index contributed by atoms with van der Waals surface area (Å²) in [6.07, 6.45) is 3.29. The minimum absolute atomic E-state index is 0.358. The summed E-state index contributed by atoms with van der Waals surface area (Å²) in [5.74, 6) is -1.30. The van der Waals surface area contributed by atoms with E-state index in [4.69, 9.17) is 4.74 Å². The van der Waals surface area contributed by atoms with Crippen molar-refractivity contribution in [2.75, 3.05) is 20.2 Å². The summed E-state index contributed by atoms with van der Waals surface area (Å²) in [6.45, 7) is 3.47. The van der Waals surface area contributed by atoms with Crippen molar-refractivity contribution in [2.45, 2.75) is 32.1 Å². The van der Waals surface area contributed by atoms with Gasteiger partial charge in [-0.25, -0.2) is 14.2 Å². The monoisotopic (exact) mass is 355 g/mol. The standard InChI is InChI=1S/C20H22FN3O2/c1-13-17(20(25)26-2)18(14-6-8-15(21)9-7-14)16(12-22)19(23-13)24-10-4-3-5-11-24/h6-9,16,18H,3-5,10-11H2,1-2H3/t16?,18-/m0/s1. The highest BCUT2D eigenvalue weighted by atomic mass is 19.1. The first-order chi connectivity index (χ1) is 12.6. The zero-order valence-corrected chi connectivity index (χ0v) is 15.0. The van der Waals surface area contributed by atoms with Crippen LogP contribution in [-0.4, -0.2) is 36.9 Å². The van der Waals surface area contributed by atoms with Crippen LogP contribution < -0.4 is 0 Å². The summed E-state index contributed by atoms with van der Waals surface area (Å²) in [5.41, 5.74) is 1.63. The quantitative estimate of drug-likeness (QED) is 0.763. The molecule has 0 aromatic heterocycles. The number of carbonyl (C=O) groups is 1. The molecule has 136 valence electrons. The molecule has 0 N–H and O–H groups in total. The molecule has 0 bridgehead atoms. The Kier molecular flexibility index (Phi) is 5.36. The topological polar surface area (TPSA) is 65.7 Å². The number of carbonyl (C=O) groups excluding carboxylic acids is 1. The molecule has 0 aliphatic carbocycles. The number of hydrogen-bond donors (Lipinski definition) is 0. The molecule has 1 aromatic rings. The number of methoxy groups -OCH3 is 1. The van der Waals surface area contributed by atoms with Gasteiger partial charge in [0.1, 0.15) is 17.6 Å². The lowest BCUT2D eigenvalue weighted by Crippen LogP contribution is -2.44. The first kappa shape index (κ1) is 18.1. The van der Waals surface area contributed by atoms with E-state index in [0.29, 0.717) is 22.7 Å². The van der Waals surface area contributed by atoms with Gasteiger partial charge in [-0.1, -0.05) is 12.1 Å². The molecule has 0 saturated carbocycles. The maximum Gasteiger partial charge on any atom is 0.336 e. The van der Waals surface area contributed by atoms with Crippen molar-refractivity contribution < 1.29 is 13.9 Å². The summed E-state index contributed by atoms with van der Waals surface area (Å²) in [5, 5.41) is 9.93. The SMILES string of the molecule is COC(=O)C1=C(C)N=C(N2CCCCC2)C(C#N)[C@@H]1c1ccc(F)cc1. The van der Waals surface area contributed by atoms with Crippen molar-refractivity contribution in [3.63, 3.8) is 0 Å². The molecule has 0 amide bonds. The smallest absolute Gasteiger partial charge is 0.336 e. The third-order valence-corrected chi connectivity index (χ3v) is 5.05. The van der Waals surface area contributed by atoms with E-state index in [2.05, 4.69) is 16.0 Å². The number of ether oxygens (including phenoxy) is 1. The zero-order chi connectivity index (χ0) is 18.7. The van der Waals surface area contributed by atoms with Gasteiger partial charge in [-0.05, 0) is 43.9 Å². The van der Waals surface area contributed by atoms with Gasteiger partial charge < -0.3 is 9.64 Å². The fourth-order valence-corrected chi connectivity index (χ4v) is 3.78. The Morgan fingerprint density at radius 2 is 1.92 bits per heavy atom. The minimum atomic E-state index is -0.614. The summed E-state index contributed by atoms with van der Waals surface area (Å²) in [4.78, 5) is 19.2. The number of nitriles is 1. The van der Waals surface area contributed by atoms with Crippen molar-refractivity contribution in [3.8, 4) is 6.07 Å². The highest BCUT2D eigenvalue weighted by Gasteiger charge is 2.41. The van der Waals surface area contributed by atoms with Crippen LogP contribution >= 0.6 is 0 Å². The van der Waals surface area contributed by atoms with Gasteiger partial charge in [0.05, 0.1) is 24.4 Å². The molecule has 2 atom stereocenters. The van der Waals surface area contributed by atoms with Gasteiger partial charge in [0.25, 0.3) is 0 Å². The highest BCUT2D eigenvalue weighted by Crippen LogP contribution is 2.40. The number of amidine groups is 1. The number of likely N-dealkylation sites (tertiary alicyclic amines) is 1. The van der Waals surface area contributed by atoms with Gasteiger partial charge >= 0.3 is 5.97 Å². The van der Waals surface area contributed by atoms with E-state index in [1.807, 2.05) is 0 Å². The predicted molar refractivity (Wildman–Crippen MR) is 95.8 cm³/mol. The third kappa shape index (κ3) is 3.34. The Morgan fingerprint density at radius 1 is 1.27 bits per heavy atom. The molecule has 3 rings (SSSR count). The van der Waals surface area contributed by atoms with Crippen molar-refractivity contribution in [1.29, 1.82) is 5.26 Å². The minimum Gasteiger partial charge on any atom is -0.466 e. The number of aliphatic imine (C=N–C) groups is 1. The molecular formula is C20H22FN3O2. The molecular weight excluding hydrogens is 333 g/mol. The van der Waals surface area contributed by atoms with Crippen molar-refractivity contribution in [3.05, 3.63) is 46.9 Å². The van der Waals surface area contributed by atoms with Crippen LogP contribution in [0.2, 0.25) is 0 Å². The van der Waals surface area contributed by atoms with Gasteiger partial charge in [-0.15, -0.1) is 0 Å². The average Bonchev–Trinajstić information content (AvgIpc) is 2.68. The van der Waals surface area contributed by atoms with Crippen molar-refractivity contribution in [2.24, 2.45) is 10.9 Å². The summed E-state index contributed by atoms with van der Waals surface area (Å²) in [6, 6.07) is 8.28. The maximum atomic E-state index is 13.4. The summed E-state index contributed by atoms with van der Waals surface area (Å²) >= 11 is 0. The van der Waals surface area contributed by atoms with Gasteiger partial charge in [0.2, 0.25) is 0 Å². The Hall–Kier alpha value is -2.68. The molecule has 2 aliphatic heterocycles. The van der Waals surface area contributed by atoms with Gasteiger partial charge in [0, 0.05) is 19.0 Å². The third-order valence-electron chi connectivity index (χ3n) is 5.05. The highest BCUT2D eigenvalue weighted by molar-refractivity contribution is 5.98. The van der Waals surface area contributed by atoms with Crippen LogP contribution in [0.15, 0.2) is 40.5 Å². The van der Waals surface area contributed by atoms with E-state index in [9.17, 15) is 14.4 Å². The lowest BCUT2D eigenvalue weighted by atomic mass is 9.77. The largest absolute Gasteiger partial charge is 0.466 e. The van der Waals surface area contributed by atoms with Crippen LogP contribution in [0.4, 0.5) is 4.39 Å². The van der Waals surface area contributed by atoms with Gasteiger partial charge in [-0.2, -0.15) is 5.26 Å². The van der Waals surface area contributed by atoms with Crippen molar-refractivity contribution in [1.82, 2.24) is 4.90 Å². The number of allylic oxidation sites excluding steroid dienone is 1. The molecule has 1 aromatic carbocycles. The molecule has 0 spiro atoms. The number of rotatable bonds is 2. The molecule has 1 saturated heterocycles. The number of halogens is 1. The Balaban J connectivity index is 2.11. The fraction of sp³-hybridized carbons (Fsp3) is 0.450. The lowest BCUT2D eigenvalue weighted by Gasteiger charge is -2.37. The second-order valence-electron chi connectivity index (χ2n) is 6.64. The van der Waals surface area contributed by atoms with Gasteiger partial charge in [0.15, 0.2) is 0 Å². The second-order valence-corrected chi connectivity index (χ2v) is 6.64. The van der Waals surface area contributed by atoms with E-state index in [1.165, 1.54) is 25.7 Å². The number of nitrogens with zero attached hydrogens (tertiary/aromatic N) is 3. The predicted octanol–water partition coefficient (Wildman–Crippen LogP) is 3.39. The van der Waals surface area contributed by atoms with Crippen LogP contribution in [0.5, 0.6) is 0 Å². The molecule has 26 heavy (non-hydrogen) atoms. The summed E-state index contributed by atoms with van der Waals surface area (Å²) in [7, 11) is 1.32. The molecule has 2 heterocycles. The number of piperidine rings is 1. The van der Waals surface area contributed by atoms with Crippen molar-refractivity contribution >= 4 is 11.8 Å². The Morgan fingerprint density at radius 3 is 2.50 bits per heavy atom. The van der Waals surface area contributed by atoms with E-state index < -0.39 is 17.8 Å². The number of benzene rings is 1. The number of hydrogen-bond acceptors (Lipinski definition) is 5. The number of esters is 1. The van der Waals surface area contributed by atoms with Crippen LogP contribution in [0, 0.1) is 23.1 Å². The molecule has 1 fully saturated rings. The first-order valence-corrected chi connectivity index (χ1v) is 8.84. The second kappa shape index (κ2) is 7.69. The normalized spacial score (nSPS) is 23.3. The van der Waals surface area contributed by atoms with E-state index in [1.54, 1.807) is 19.1 Å². The van der Waals surface area contributed by atoms with E-state index in [0.717, 1.165) is 25.9 Å². The Bertz CT molecular complexity index is 786. The van der Waals surface area contributed by atoms with Crippen LogP contribution in [0.1, 0.15) is 37.7 Å². The zero-order valence-electron chi connectivity index (χ0n) is 15.0. The van der Waals surface area contributed by atoms with E-state index >= 15 is 0 Å². The maximum absolute atomic E-state index is 13.4. The first-order valence-electron chi connectivity index (χ1n) is 8.84. The molecule has 6 heteroatoms. The molecule has 2 aliphatic rings. The summed E-state index contributed by atoms with van der Waals surface area (Å²) < 4.78 is 18.3. The van der Waals surface area contributed by atoms with E-state index in [-0.39, 0.29) is 5.82 Å². The lowest BCUT2D eigenvalue weighted by molar-refractivity contribution is -0.136. The Labute approximate surface area is 152 Å². The molecule has 0 radical (unpaired) electrons. The molecule has 1 unspecified atom stereocenters. The van der Waals surface area contributed by atoms with Crippen LogP contribution in [-0.2, 0) is 9.53 Å². The fourth-order valence-electron chi connectivity index (χ4n) is 3.78. The molecule has 5 nitrogen and oxygen atoms in total. The van der Waals surface area contributed by atoms with Gasteiger partial charge in [-0.3, -0.25) is 0 Å².